The molecule has 0 saturated carbocycles. The molecule has 1 aromatic carbocycles. The maximum Gasteiger partial charge on any atom is 0.321 e. The van der Waals surface area contributed by atoms with E-state index in [1.165, 1.54) is 6.07 Å². The zero-order valence-electron chi connectivity index (χ0n) is 8.99. The predicted molar refractivity (Wildman–Crippen MR) is 64.8 cm³/mol. The number of nitrogens with zero attached hydrogens (tertiary/aromatic N) is 3. The van der Waals surface area contributed by atoms with Crippen LogP contribution < -0.4 is 5.32 Å². The average Bonchev–Trinajstić information content (AvgIpc) is 2.75. The van der Waals surface area contributed by atoms with Gasteiger partial charge in [-0.25, -0.2) is 0 Å². The summed E-state index contributed by atoms with van der Waals surface area (Å²) in [7, 11) is 0. The number of hydrogen-bond acceptors (Lipinski definition) is 7. The fourth-order valence-electron chi connectivity index (χ4n) is 1.47. The molecule has 0 fully saturated rings. The molecule has 0 bridgehead atoms. The summed E-state index contributed by atoms with van der Waals surface area (Å²) >= 11 is 0.896. The number of nitro groups is 1. The van der Waals surface area contributed by atoms with Crippen LogP contribution in [0.1, 0.15) is 6.42 Å². The first-order chi connectivity index (χ1) is 8.59. The molecule has 2 rings (SSSR count). The summed E-state index contributed by atoms with van der Waals surface area (Å²) in [5, 5.41) is 22.3. The van der Waals surface area contributed by atoms with Gasteiger partial charge in [0.05, 0.1) is 23.1 Å². The third kappa shape index (κ3) is 2.35. The Labute approximate surface area is 105 Å². The summed E-state index contributed by atoms with van der Waals surface area (Å²) in [5.74, 6) is -0.971. The number of carboxylic acids is 1. The molecule has 18 heavy (non-hydrogen) atoms. The number of nitro benzene ring substituents is 1. The highest BCUT2D eigenvalue weighted by molar-refractivity contribution is 7.00. The van der Waals surface area contributed by atoms with Crippen LogP contribution in [0.3, 0.4) is 0 Å². The molecule has 0 amide bonds. The molecule has 1 heterocycles. The number of rotatable bonds is 5. The van der Waals surface area contributed by atoms with Gasteiger partial charge in [0, 0.05) is 6.54 Å². The highest BCUT2D eigenvalue weighted by Gasteiger charge is 2.21. The third-order valence-corrected chi connectivity index (χ3v) is 2.78. The Morgan fingerprint density at radius 1 is 1.50 bits per heavy atom. The van der Waals surface area contributed by atoms with Crippen molar-refractivity contribution in [2.24, 2.45) is 0 Å². The second-order valence-electron chi connectivity index (χ2n) is 3.42. The van der Waals surface area contributed by atoms with Crippen molar-refractivity contribution < 1.29 is 14.8 Å². The van der Waals surface area contributed by atoms with Crippen molar-refractivity contribution in [1.82, 2.24) is 8.75 Å². The Morgan fingerprint density at radius 2 is 2.28 bits per heavy atom. The predicted octanol–water partition coefficient (Wildman–Crippen LogP) is 1.49. The van der Waals surface area contributed by atoms with Crippen molar-refractivity contribution in [3.8, 4) is 0 Å². The van der Waals surface area contributed by atoms with Crippen LogP contribution in [0.5, 0.6) is 0 Å². The molecule has 1 aromatic heterocycles. The number of aromatic nitrogens is 2. The van der Waals surface area contributed by atoms with Gasteiger partial charge in [0.1, 0.15) is 11.2 Å². The molecule has 0 radical (unpaired) electrons. The maximum atomic E-state index is 11.0. The summed E-state index contributed by atoms with van der Waals surface area (Å²) < 4.78 is 7.79. The van der Waals surface area contributed by atoms with Gasteiger partial charge in [0.25, 0.3) is 0 Å². The highest BCUT2D eigenvalue weighted by atomic mass is 32.1. The van der Waals surface area contributed by atoms with Crippen LogP contribution in [-0.4, -0.2) is 31.3 Å². The van der Waals surface area contributed by atoms with E-state index in [0.29, 0.717) is 5.52 Å². The maximum absolute atomic E-state index is 11.0. The number of anilines is 1. The van der Waals surface area contributed by atoms with E-state index >= 15 is 0 Å². The Kier molecular flexibility index (Phi) is 3.33. The number of carboxylic acid groups (broad SMARTS) is 1. The molecule has 0 unspecified atom stereocenters. The molecule has 0 aliphatic heterocycles. The van der Waals surface area contributed by atoms with Gasteiger partial charge in [0.2, 0.25) is 0 Å². The molecular formula is C9H8N4O4S. The smallest absolute Gasteiger partial charge is 0.321 e. The lowest BCUT2D eigenvalue weighted by Gasteiger charge is -2.05. The summed E-state index contributed by atoms with van der Waals surface area (Å²) in [4.78, 5) is 20.9. The van der Waals surface area contributed by atoms with E-state index in [1.807, 2.05) is 0 Å². The Bertz CT molecular complexity index is 612. The number of fused-ring (bicyclic) bond motifs is 1. The number of benzene rings is 1. The van der Waals surface area contributed by atoms with Crippen molar-refractivity contribution in [3.63, 3.8) is 0 Å². The minimum atomic E-state index is -0.971. The van der Waals surface area contributed by atoms with Gasteiger partial charge < -0.3 is 10.4 Å². The standard InChI is InChI=1S/C9H8N4O4S/c14-7(15)3-4-10-6-2-1-5-8(12-18-11-5)9(6)13(16)17/h1-2,10H,3-4H2,(H,14,15). The normalized spacial score (nSPS) is 10.4. The minimum absolute atomic E-state index is 0.110. The molecule has 2 N–H and O–H groups in total. The number of aliphatic carboxylic acids is 1. The highest BCUT2D eigenvalue weighted by Crippen LogP contribution is 2.32. The Hall–Kier alpha value is -2.29. The van der Waals surface area contributed by atoms with Gasteiger partial charge in [-0.2, -0.15) is 8.75 Å². The molecule has 0 atom stereocenters. The van der Waals surface area contributed by atoms with Crippen molar-refractivity contribution in [1.29, 1.82) is 0 Å². The lowest BCUT2D eigenvalue weighted by molar-refractivity contribution is -0.382. The van der Waals surface area contributed by atoms with E-state index in [-0.39, 0.29) is 29.9 Å². The molecule has 9 heteroatoms. The number of carbonyl (C=O) groups is 1. The van der Waals surface area contributed by atoms with Crippen LogP contribution in [0.2, 0.25) is 0 Å². The van der Waals surface area contributed by atoms with Crippen LogP contribution in [-0.2, 0) is 4.79 Å². The summed E-state index contributed by atoms with van der Waals surface area (Å²) in [6.45, 7) is 0.110. The van der Waals surface area contributed by atoms with Crippen molar-refractivity contribution >= 4 is 40.1 Å². The van der Waals surface area contributed by atoms with Crippen LogP contribution in [0.25, 0.3) is 11.0 Å². The molecule has 8 nitrogen and oxygen atoms in total. The number of nitrogens with one attached hydrogen (secondary N) is 1. The van der Waals surface area contributed by atoms with Crippen LogP contribution >= 0.6 is 11.7 Å². The van der Waals surface area contributed by atoms with Gasteiger partial charge in [-0.05, 0) is 12.1 Å². The van der Waals surface area contributed by atoms with E-state index in [0.717, 1.165) is 11.7 Å². The van der Waals surface area contributed by atoms with E-state index in [1.54, 1.807) is 6.07 Å². The van der Waals surface area contributed by atoms with Crippen molar-refractivity contribution in [3.05, 3.63) is 22.2 Å². The van der Waals surface area contributed by atoms with Crippen molar-refractivity contribution in [2.45, 2.75) is 6.42 Å². The SMILES string of the molecule is O=C(O)CCNc1ccc2nsnc2c1[N+](=O)[O-]. The molecule has 0 aliphatic rings. The van der Waals surface area contributed by atoms with E-state index in [4.69, 9.17) is 5.11 Å². The quantitative estimate of drug-likeness (QED) is 0.622. The van der Waals surface area contributed by atoms with Crippen LogP contribution in [0.4, 0.5) is 11.4 Å². The zero-order valence-corrected chi connectivity index (χ0v) is 9.81. The zero-order chi connectivity index (χ0) is 13.1. The van der Waals surface area contributed by atoms with Gasteiger partial charge >= 0.3 is 11.7 Å². The van der Waals surface area contributed by atoms with E-state index < -0.39 is 10.9 Å². The lowest BCUT2D eigenvalue weighted by atomic mass is 10.2. The fraction of sp³-hybridized carbons (Fsp3) is 0.222. The molecule has 0 saturated heterocycles. The minimum Gasteiger partial charge on any atom is -0.481 e. The summed E-state index contributed by atoms with van der Waals surface area (Å²) in [5.41, 5.74) is 0.744. The molecule has 0 aliphatic carbocycles. The van der Waals surface area contributed by atoms with Gasteiger partial charge in [-0.1, -0.05) is 0 Å². The molecule has 2 aromatic rings. The fourth-order valence-corrected chi connectivity index (χ4v) is 2.01. The molecule has 0 spiro atoms. The first-order valence-electron chi connectivity index (χ1n) is 4.95. The third-order valence-electron chi connectivity index (χ3n) is 2.24. The Morgan fingerprint density at radius 3 is 2.94 bits per heavy atom. The second kappa shape index (κ2) is 4.92. The van der Waals surface area contributed by atoms with E-state index in [9.17, 15) is 14.9 Å². The summed E-state index contributed by atoms with van der Waals surface area (Å²) in [6, 6.07) is 3.11. The second-order valence-corrected chi connectivity index (χ2v) is 3.95. The summed E-state index contributed by atoms with van der Waals surface area (Å²) in [6.07, 6.45) is -0.121. The van der Waals surface area contributed by atoms with Crippen molar-refractivity contribution in [2.75, 3.05) is 11.9 Å². The van der Waals surface area contributed by atoms with Gasteiger partial charge in [0.15, 0.2) is 5.52 Å². The van der Waals surface area contributed by atoms with Gasteiger partial charge in [-0.3, -0.25) is 14.9 Å². The first kappa shape index (κ1) is 12.2. The lowest BCUT2D eigenvalue weighted by Crippen LogP contribution is -2.09. The molecular weight excluding hydrogens is 260 g/mol. The van der Waals surface area contributed by atoms with Gasteiger partial charge in [-0.15, -0.1) is 0 Å². The Balaban J connectivity index is 2.34. The topological polar surface area (TPSA) is 118 Å². The largest absolute Gasteiger partial charge is 0.481 e. The monoisotopic (exact) mass is 268 g/mol. The van der Waals surface area contributed by atoms with Crippen LogP contribution in [0.15, 0.2) is 12.1 Å². The number of hydrogen-bond donors (Lipinski definition) is 2. The first-order valence-corrected chi connectivity index (χ1v) is 5.68. The molecule has 94 valence electrons. The average molecular weight is 268 g/mol. The van der Waals surface area contributed by atoms with E-state index in [2.05, 4.69) is 14.1 Å². The van der Waals surface area contributed by atoms with Crippen LogP contribution in [0, 0.1) is 10.1 Å².